The zero-order valence-corrected chi connectivity index (χ0v) is 22.0. The summed E-state index contributed by atoms with van der Waals surface area (Å²) in [5.41, 5.74) is 9.53. The van der Waals surface area contributed by atoms with Gasteiger partial charge in [0, 0.05) is 23.6 Å². The summed E-state index contributed by atoms with van der Waals surface area (Å²) in [6, 6.07) is 7.20. The van der Waals surface area contributed by atoms with E-state index in [0.29, 0.717) is 22.6 Å². The summed E-state index contributed by atoms with van der Waals surface area (Å²) in [5.74, 6) is 0.677. The van der Waals surface area contributed by atoms with E-state index in [1.807, 2.05) is 12.1 Å². The molecular weight excluding hydrogens is 498 g/mol. The van der Waals surface area contributed by atoms with Crippen molar-refractivity contribution in [1.82, 2.24) is 24.4 Å². The molecule has 12 nitrogen and oxygen atoms in total. The second-order valence-corrected chi connectivity index (χ2v) is 11.8. The summed E-state index contributed by atoms with van der Waals surface area (Å²) in [6.07, 6.45) is 5.34. The number of nitrogens with zero attached hydrogens (tertiary/aromatic N) is 5. The number of aromatic nitrogens is 5. The van der Waals surface area contributed by atoms with Gasteiger partial charge in [-0.15, -0.1) is 0 Å². The lowest BCUT2D eigenvalue weighted by atomic mass is 10.1. The van der Waals surface area contributed by atoms with E-state index in [0.717, 1.165) is 16.7 Å². The average Bonchev–Trinajstić information content (AvgIpc) is 3.42. The number of aryl methyl sites for hydroxylation is 1. The Labute approximate surface area is 214 Å². The predicted molar refractivity (Wildman–Crippen MR) is 140 cm³/mol. The molecule has 0 unspecified atom stereocenters. The molecule has 196 valence electrons. The Morgan fingerprint density at radius 1 is 1.16 bits per heavy atom. The second-order valence-electron chi connectivity index (χ2n) is 9.51. The maximum Gasteiger partial charge on any atom is 0.412 e. The number of carbonyl (C=O) groups is 1. The van der Waals surface area contributed by atoms with Crippen LogP contribution in [0.1, 0.15) is 20.8 Å². The summed E-state index contributed by atoms with van der Waals surface area (Å²) < 4.78 is 37.2. The minimum absolute atomic E-state index is 0.0210. The molecule has 4 rings (SSSR count). The van der Waals surface area contributed by atoms with Crippen molar-refractivity contribution in [2.24, 2.45) is 0 Å². The van der Waals surface area contributed by atoms with Crippen LogP contribution in [0, 0.1) is 0 Å². The van der Waals surface area contributed by atoms with Crippen molar-refractivity contribution in [3.8, 4) is 28.1 Å². The van der Waals surface area contributed by atoms with Crippen LogP contribution in [0.2, 0.25) is 0 Å². The topological polar surface area (TPSA) is 156 Å². The van der Waals surface area contributed by atoms with Gasteiger partial charge in [-0.2, -0.15) is 10.2 Å². The summed E-state index contributed by atoms with van der Waals surface area (Å²) in [5, 5.41) is 11.4. The number of fused-ring (bicyclic) bond motifs is 1. The van der Waals surface area contributed by atoms with Crippen molar-refractivity contribution in [3.63, 3.8) is 0 Å². The number of hydrogen-bond acceptors (Lipinski definition) is 9. The molecule has 0 atom stereocenters. The van der Waals surface area contributed by atoms with Gasteiger partial charge in [0.05, 0.1) is 37.0 Å². The van der Waals surface area contributed by atoms with E-state index in [9.17, 15) is 13.2 Å². The molecule has 0 aliphatic carbocycles. The zero-order chi connectivity index (χ0) is 27.0. The van der Waals surface area contributed by atoms with Gasteiger partial charge < -0.3 is 15.2 Å². The standard InChI is InChI=1S/C24H29N7O5S/c1-24(2,3)36-23(32)29-18-7-6-15(10-20(18)35-4)17-11-19(31-21(17)22(25)26-14-28-31)16-12-27-30(13-16)8-9-37(5,33)34/h6-7,10-14H,8-9H2,1-5H3,(H,29,32)(H2,25,26,28). The molecule has 3 heterocycles. The largest absolute Gasteiger partial charge is 0.495 e. The SMILES string of the molecule is COc1cc(-c2cc(-c3cnn(CCS(C)(=O)=O)c3)n3ncnc(N)c23)ccc1NC(=O)OC(C)(C)C. The Hall–Kier alpha value is -4.13. The van der Waals surface area contributed by atoms with Crippen LogP contribution in [-0.2, 0) is 21.1 Å². The number of carbonyl (C=O) groups excluding carboxylic acids is 1. The van der Waals surface area contributed by atoms with Gasteiger partial charge in [0.15, 0.2) is 5.82 Å². The molecule has 1 amide bonds. The van der Waals surface area contributed by atoms with Gasteiger partial charge in [-0.05, 0) is 44.5 Å². The van der Waals surface area contributed by atoms with E-state index in [2.05, 4.69) is 20.5 Å². The molecule has 0 bridgehead atoms. The molecule has 4 aromatic rings. The normalized spacial score (nSPS) is 12.0. The van der Waals surface area contributed by atoms with Gasteiger partial charge in [0.2, 0.25) is 0 Å². The smallest absolute Gasteiger partial charge is 0.412 e. The molecule has 0 saturated carbocycles. The monoisotopic (exact) mass is 527 g/mol. The van der Waals surface area contributed by atoms with Crippen LogP contribution in [-0.4, -0.2) is 63.6 Å². The predicted octanol–water partition coefficient (Wildman–Crippen LogP) is 3.24. The summed E-state index contributed by atoms with van der Waals surface area (Å²) >= 11 is 0. The highest BCUT2D eigenvalue weighted by atomic mass is 32.2. The lowest BCUT2D eigenvalue weighted by Crippen LogP contribution is -2.27. The molecule has 37 heavy (non-hydrogen) atoms. The van der Waals surface area contributed by atoms with E-state index >= 15 is 0 Å². The van der Waals surface area contributed by atoms with Gasteiger partial charge >= 0.3 is 6.09 Å². The van der Waals surface area contributed by atoms with Gasteiger partial charge in [-0.1, -0.05) is 6.07 Å². The molecule has 0 saturated heterocycles. The number of hydrogen-bond donors (Lipinski definition) is 2. The van der Waals surface area contributed by atoms with Crippen LogP contribution in [0.4, 0.5) is 16.3 Å². The van der Waals surface area contributed by atoms with Crippen LogP contribution >= 0.6 is 0 Å². The van der Waals surface area contributed by atoms with Crippen LogP contribution in [0.3, 0.4) is 0 Å². The van der Waals surface area contributed by atoms with Gasteiger partial charge in [0.1, 0.15) is 33.0 Å². The van der Waals surface area contributed by atoms with Crippen LogP contribution in [0.25, 0.3) is 27.9 Å². The van der Waals surface area contributed by atoms with Crippen molar-refractivity contribution < 1.29 is 22.7 Å². The average molecular weight is 528 g/mol. The van der Waals surface area contributed by atoms with Gasteiger partial charge in [-0.25, -0.2) is 22.7 Å². The number of amides is 1. The van der Waals surface area contributed by atoms with Crippen molar-refractivity contribution >= 4 is 33.0 Å². The van der Waals surface area contributed by atoms with Crippen molar-refractivity contribution in [2.45, 2.75) is 32.9 Å². The molecule has 0 aliphatic heterocycles. The molecule has 3 aromatic heterocycles. The summed E-state index contributed by atoms with van der Waals surface area (Å²) in [4.78, 5) is 16.4. The zero-order valence-electron chi connectivity index (χ0n) is 21.2. The number of rotatable bonds is 7. The molecule has 0 radical (unpaired) electrons. The first kappa shape index (κ1) is 25.9. The van der Waals surface area contributed by atoms with Crippen molar-refractivity contribution in [1.29, 1.82) is 0 Å². The molecule has 0 fully saturated rings. The lowest BCUT2D eigenvalue weighted by molar-refractivity contribution is 0.0635. The maximum atomic E-state index is 12.3. The number of sulfone groups is 1. The number of benzene rings is 1. The molecular formula is C24H29N7O5S. The Kier molecular flexibility index (Phi) is 6.82. The molecule has 0 spiro atoms. The highest BCUT2D eigenvalue weighted by Gasteiger charge is 2.21. The molecule has 1 aromatic carbocycles. The Bertz CT molecular complexity index is 1570. The second kappa shape index (κ2) is 9.73. The highest BCUT2D eigenvalue weighted by molar-refractivity contribution is 7.90. The number of anilines is 2. The minimum Gasteiger partial charge on any atom is -0.495 e. The van der Waals surface area contributed by atoms with E-state index in [-0.39, 0.29) is 18.1 Å². The third-order valence-electron chi connectivity index (χ3n) is 5.35. The van der Waals surface area contributed by atoms with Crippen LogP contribution in [0.5, 0.6) is 5.75 Å². The quantitative estimate of drug-likeness (QED) is 0.368. The first-order chi connectivity index (χ1) is 17.3. The minimum atomic E-state index is -3.13. The van der Waals surface area contributed by atoms with Gasteiger partial charge in [0.25, 0.3) is 0 Å². The fraction of sp³-hybridized carbons (Fsp3) is 0.333. The fourth-order valence-corrected chi connectivity index (χ4v) is 4.27. The first-order valence-electron chi connectivity index (χ1n) is 11.4. The number of methoxy groups -OCH3 is 1. The fourth-order valence-electron chi connectivity index (χ4n) is 3.75. The molecule has 0 aliphatic rings. The molecule has 3 N–H and O–H groups in total. The number of ether oxygens (including phenoxy) is 2. The van der Waals surface area contributed by atoms with E-state index < -0.39 is 21.5 Å². The summed E-state index contributed by atoms with van der Waals surface area (Å²) in [7, 11) is -1.62. The number of nitrogen functional groups attached to an aromatic ring is 1. The third kappa shape index (κ3) is 6.00. The number of nitrogens with one attached hydrogen (secondary N) is 1. The number of nitrogens with two attached hydrogens (primary N) is 1. The first-order valence-corrected chi connectivity index (χ1v) is 13.4. The maximum absolute atomic E-state index is 12.3. The Morgan fingerprint density at radius 2 is 1.92 bits per heavy atom. The van der Waals surface area contributed by atoms with Gasteiger partial charge in [-0.3, -0.25) is 10.00 Å². The Balaban J connectivity index is 1.73. The van der Waals surface area contributed by atoms with E-state index in [1.165, 1.54) is 19.7 Å². The van der Waals surface area contributed by atoms with Crippen LogP contribution in [0.15, 0.2) is 43.0 Å². The summed E-state index contributed by atoms with van der Waals surface area (Å²) in [6.45, 7) is 5.58. The van der Waals surface area contributed by atoms with Crippen molar-refractivity contribution in [2.75, 3.05) is 30.2 Å². The van der Waals surface area contributed by atoms with E-state index in [4.69, 9.17) is 15.2 Å². The lowest BCUT2D eigenvalue weighted by Gasteiger charge is -2.20. The van der Waals surface area contributed by atoms with Crippen LogP contribution < -0.4 is 15.8 Å². The molecule has 13 heteroatoms. The van der Waals surface area contributed by atoms with Crippen molar-refractivity contribution in [3.05, 3.63) is 43.0 Å². The Morgan fingerprint density at radius 3 is 2.59 bits per heavy atom. The van der Waals surface area contributed by atoms with E-state index in [1.54, 1.807) is 54.5 Å². The highest BCUT2D eigenvalue weighted by Crippen LogP contribution is 2.38. The third-order valence-corrected chi connectivity index (χ3v) is 6.28.